The van der Waals surface area contributed by atoms with Crippen molar-refractivity contribution in [3.63, 3.8) is 0 Å². The number of hydrogen-bond donors (Lipinski definition) is 0. The van der Waals surface area contributed by atoms with Crippen molar-refractivity contribution < 1.29 is 23.5 Å². The van der Waals surface area contributed by atoms with E-state index in [0.717, 1.165) is 97.3 Å². The van der Waals surface area contributed by atoms with Crippen LogP contribution in [0.4, 0.5) is 20.7 Å². The smallest absolute Gasteiger partial charge is 0.411 e. The van der Waals surface area contributed by atoms with Crippen LogP contribution in [0.5, 0.6) is 0 Å². The van der Waals surface area contributed by atoms with Gasteiger partial charge in [-0.25, -0.2) is 19.2 Å². The SMILES string of the molecule is O=C1CCC(N2C[C@H](c3cccc(CN4CCN(c5cccc(-c6cnc7ccc(N8CCC[C@@H]8c8cccc(F)c8)cn67)n5)CC4)c3)OC2=O)C(=O)C1. The molecule has 1 amide bonds. The summed E-state index contributed by atoms with van der Waals surface area (Å²) in [5, 5.41) is 0. The number of Topliss-reactive ketones (excluding diaryl/α,β-unsaturated/α-hetero) is 2. The third kappa shape index (κ3) is 6.70. The van der Waals surface area contributed by atoms with Gasteiger partial charge < -0.3 is 14.5 Å². The molecule has 2 aromatic carbocycles. The Balaban J connectivity index is 0.847. The van der Waals surface area contributed by atoms with Crippen LogP contribution in [0.1, 0.15) is 60.9 Å². The van der Waals surface area contributed by atoms with Gasteiger partial charge in [-0.2, -0.15) is 0 Å². The Morgan fingerprint density at radius 1 is 0.815 bits per heavy atom. The topological polar surface area (TPSA) is 104 Å². The van der Waals surface area contributed by atoms with Crippen molar-refractivity contribution >= 4 is 34.8 Å². The molecule has 0 N–H and O–H groups in total. The number of carbonyl (C=O) groups excluding carboxylic acids is 3. The molecule has 1 saturated carbocycles. The molecule has 4 aliphatic rings. The lowest BCUT2D eigenvalue weighted by atomic mass is 9.92. The van der Waals surface area contributed by atoms with Gasteiger partial charge in [-0.15, -0.1) is 0 Å². The van der Waals surface area contributed by atoms with E-state index in [-0.39, 0.29) is 29.8 Å². The van der Waals surface area contributed by atoms with Gasteiger partial charge in [0.1, 0.15) is 29.2 Å². The number of rotatable bonds is 8. The van der Waals surface area contributed by atoms with E-state index in [4.69, 9.17) is 14.7 Å². The van der Waals surface area contributed by atoms with Crippen LogP contribution < -0.4 is 9.80 Å². The standard InChI is InChI=1S/C42H42FN7O4/c43-31-8-2-6-29(22-31)35-10-4-16-48(35)32-12-15-40-44-24-37(49(40)26-32)34-9-3-11-41(45-34)47-19-17-46(18-20-47)25-28-5-1-7-30(21-28)39-27-50(42(53)54-39)36-14-13-33(51)23-38(36)52/h1-3,5-9,11-12,15,21-22,24,26,35-36,39H,4,10,13-14,16-20,23,25,27H2/t35-,36?,39-/m1/s1. The first-order chi connectivity index (χ1) is 26.4. The minimum absolute atomic E-state index is 0.0622. The van der Waals surface area contributed by atoms with Crippen LogP contribution in [0.2, 0.25) is 0 Å². The Bertz CT molecular complexity index is 2230. The quantitative estimate of drug-likeness (QED) is 0.169. The van der Waals surface area contributed by atoms with E-state index in [0.29, 0.717) is 19.4 Å². The van der Waals surface area contributed by atoms with Gasteiger partial charge in [0.05, 0.1) is 48.3 Å². The first kappa shape index (κ1) is 34.2. The molecule has 0 radical (unpaired) electrons. The van der Waals surface area contributed by atoms with Gasteiger partial charge in [0.15, 0.2) is 5.78 Å². The summed E-state index contributed by atoms with van der Waals surface area (Å²) in [5.74, 6) is 0.466. The molecule has 6 heterocycles. The van der Waals surface area contributed by atoms with Crippen molar-refractivity contribution in [2.24, 2.45) is 0 Å². The summed E-state index contributed by atoms with van der Waals surface area (Å²) in [7, 11) is 0. The Morgan fingerprint density at radius 2 is 1.65 bits per heavy atom. The van der Waals surface area contributed by atoms with Crippen LogP contribution in [0, 0.1) is 5.82 Å². The average molecular weight is 728 g/mol. The number of anilines is 2. The summed E-state index contributed by atoms with van der Waals surface area (Å²) in [6.45, 7) is 5.38. The molecule has 3 aliphatic heterocycles. The highest BCUT2D eigenvalue weighted by atomic mass is 19.1. The van der Waals surface area contributed by atoms with E-state index in [2.05, 4.69) is 55.6 Å². The third-order valence-electron chi connectivity index (χ3n) is 11.4. The van der Waals surface area contributed by atoms with Gasteiger partial charge >= 0.3 is 6.09 Å². The molecular weight excluding hydrogens is 686 g/mol. The van der Waals surface area contributed by atoms with Crippen LogP contribution >= 0.6 is 0 Å². The molecule has 54 heavy (non-hydrogen) atoms. The third-order valence-corrected chi connectivity index (χ3v) is 11.4. The molecule has 5 aromatic rings. The zero-order valence-corrected chi connectivity index (χ0v) is 30.0. The number of ketones is 2. The number of ether oxygens (including phenoxy) is 1. The maximum Gasteiger partial charge on any atom is 0.411 e. The number of halogens is 1. The van der Waals surface area contributed by atoms with Crippen molar-refractivity contribution in [3.05, 3.63) is 114 Å². The zero-order valence-electron chi connectivity index (χ0n) is 30.0. The van der Waals surface area contributed by atoms with E-state index in [1.807, 2.05) is 36.5 Å². The highest BCUT2D eigenvalue weighted by molar-refractivity contribution is 6.04. The minimum atomic E-state index is -0.579. The van der Waals surface area contributed by atoms with Crippen LogP contribution in [-0.2, 0) is 20.9 Å². The Kier molecular flexibility index (Phi) is 9.06. The van der Waals surface area contributed by atoms with Gasteiger partial charge in [-0.3, -0.25) is 23.8 Å². The van der Waals surface area contributed by atoms with E-state index in [9.17, 15) is 18.8 Å². The van der Waals surface area contributed by atoms with Gasteiger partial charge in [0.2, 0.25) is 0 Å². The summed E-state index contributed by atoms with van der Waals surface area (Å²) in [6, 6.07) is 24.9. The fourth-order valence-electron chi connectivity index (χ4n) is 8.59. The zero-order chi connectivity index (χ0) is 36.8. The molecule has 1 aliphatic carbocycles. The van der Waals surface area contributed by atoms with Crippen molar-refractivity contribution in [1.29, 1.82) is 0 Å². The van der Waals surface area contributed by atoms with E-state index in [1.54, 1.807) is 12.1 Å². The molecule has 0 bridgehead atoms. The average Bonchev–Trinajstić information content (AvgIpc) is 3.94. The lowest BCUT2D eigenvalue weighted by Gasteiger charge is -2.35. The van der Waals surface area contributed by atoms with Crippen molar-refractivity contribution in [2.75, 3.05) is 49.1 Å². The summed E-state index contributed by atoms with van der Waals surface area (Å²) < 4.78 is 21.9. The molecule has 0 spiro atoms. The Hall–Kier alpha value is -5.62. The van der Waals surface area contributed by atoms with Crippen LogP contribution in [-0.4, -0.2) is 87.1 Å². The first-order valence-electron chi connectivity index (χ1n) is 18.9. The molecule has 276 valence electrons. The van der Waals surface area contributed by atoms with Gasteiger partial charge in [-0.1, -0.05) is 42.5 Å². The Labute approximate surface area is 313 Å². The molecule has 1 unspecified atom stereocenters. The van der Waals surface area contributed by atoms with Crippen LogP contribution in [0.25, 0.3) is 17.0 Å². The highest BCUT2D eigenvalue weighted by Gasteiger charge is 2.42. The lowest BCUT2D eigenvalue weighted by Crippen LogP contribution is -2.46. The second-order valence-corrected chi connectivity index (χ2v) is 14.8. The van der Waals surface area contributed by atoms with Crippen molar-refractivity contribution in [1.82, 2.24) is 24.2 Å². The Morgan fingerprint density at radius 3 is 2.50 bits per heavy atom. The highest BCUT2D eigenvalue weighted by Crippen LogP contribution is 2.37. The predicted octanol–water partition coefficient (Wildman–Crippen LogP) is 6.38. The molecule has 4 fully saturated rings. The number of cyclic esters (lactones) is 1. The second kappa shape index (κ2) is 14.3. The summed E-state index contributed by atoms with van der Waals surface area (Å²) in [5.41, 5.74) is 6.75. The number of hydrogen-bond acceptors (Lipinski definition) is 9. The fourth-order valence-corrected chi connectivity index (χ4v) is 8.59. The second-order valence-electron chi connectivity index (χ2n) is 14.8. The lowest BCUT2D eigenvalue weighted by molar-refractivity contribution is -0.133. The van der Waals surface area contributed by atoms with Crippen LogP contribution in [0.15, 0.2) is 91.3 Å². The molecule has 9 rings (SSSR count). The maximum atomic E-state index is 14.1. The summed E-state index contributed by atoms with van der Waals surface area (Å²) >= 11 is 0. The monoisotopic (exact) mass is 727 g/mol. The largest absolute Gasteiger partial charge is 0.439 e. The predicted molar refractivity (Wildman–Crippen MR) is 202 cm³/mol. The van der Waals surface area contributed by atoms with E-state index < -0.39 is 18.2 Å². The summed E-state index contributed by atoms with van der Waals surface area (Å²) in [6.07, 6.45) is 5.68. The fraction of sp³-hybridized carbons (Fsp3) is 0.357. The number of amides is 1. The number of aromatic nitrogens is 3. The number of benzene rings is 2. The molecule has 12 heteroatoms. The molecule has 3 aromatic heterocycles. The number of piperazine rings is 1. The molecule has 11 nitrogen and oxygen atoms in total. The number of nitrogens with zero attached hydrogens (tertiary/aromatic N) is 7. The number of fused-ring (bicyclic) bond motifs is 1. The van der Waals surface area contributed by atoms with Gasteiger partial charge in [0.25, 0.3) is 0 Å². The number of carbonyl (C=O) groups is 3. The normalized spacial score (nSPS) is 22.4. The summed E-state index contributed by atoms with van der Waals surface area (Å²) in [4.78, 5) is 55.4. The molecule has 3 saturated heterocycles. The van der Waals surface area contributed by atoms with Gasteiger partial charge in [0, 0.05) is 51.9 Å². The number of pyridine rings is 2. The molecular formula is C42H42FN7O4. The minimum Gasteiger partial charge on any atom is -0.439 e. The van der Waals surface area contributed by atoms with Gasteiger partial charge in [-0.05, 0) is 72.4 Å². The first-order valence-corrected chi connectivity index (χ1v) is 18.9. The van der Waals surface area contributed by atoms with Crippen molar-refractivity contribution in [3.8, 4) is 11.4 Å². The molecule has 3 atom stereocenters. The van der Waals surface area contributed by atoms with Crippen molar-refractivity contribution in [2.45, 2.75) is 56.8 Å². The van der Waals surface area contributed by atoms with E-state index >= 15 is 0 Å². The van der Waals surface area contributed by atoms with Crippen LogP contribution in [0.3, 0.4) is 0 Å². The maximum absolute atomic E-state index is 14.1. The van der Waals surface area contributed by atoms with E-state index in [1.165, 1.54) is 11.0 Å². The number of imidazole rings is 1.